The fourth-order valence-electron chi connectivity index (χ4n) is 0.645. The second-order valence-electron chi connectivity index (χ2n) is 2.70. The molecule has 0 aromatic heterocycles. The standard InChI is InChI=1S/C7H16N2O/c1-3-4-5-7(8,9)6(2)10/h3-5,8-9H2,1-2H3. The molecule has 0 heterocycles. The summed E-state index contributed by atoms with van der Waals surface area (Å²) >= 11 is 0. The van der Waals surface area contributed by atoms with Crippen LogP contribution in [0.3, 0.4) is 0 Å². The molecular weight excluding hydrogens is 128 g/mol. The summed E-state index contributed by atoms with van der Waals surface area (Å²) in [5.41, 5.74) is 9.86. The number of rotatable bonds is 4. The summed E-state index contributed by atoms with van der Waals surface area (Å²) in [6, 6.07) is 0. The highest BCUT2D eigenvalue weighted by molar-refractivity contribution is 5.84. The van der Waals surface area contributed by atoms with E-state index in [1.165, 1.54) is 6.92 Å². The van der Waals surface area contributed by atoms with Gasteiger partial charge in [0.05, 0.1) is 0 Å². The molecule has 60 valence electrons. The van der Waals surface area contributed by atoms with Gasteiger partial charge >= 0.3 is 0 Å². The number of unbranched alkanes of at least 4 members (excludes halogenated alkanes) is 1. The third-order valence-electron chi connectivity index (χ3n) is 1.60. The molecule has 0 rings (SSSR count). The van der Waals surface area contributed by atoms with Crippen molar-refractivity contribution in [1.29, 1.82) is 0 Å². The van der Waals surface area contributed by atoms with Crippen molar-refractivity contribution in [2.24, 2.45) is 11.5 Å². The van der Waals surface area contributed by atoms with Crippen molar-refractivity contribution >= 4 is 5.78 Å². The zero-order valence-corrected chi connectivity index (χ0v) is 6.68. The number of hydrogen-bond acceptors (Lipinski definition) is 3. The highest BCUT2D eigenvalue weighted by Crippen LogP contribution is 2.05. The van der Waals surface area contributed by atoms with Crippen molar-refractivity contribution in [3.63, 3.8) is 0 Å². The van der Waals surface area contributed by atoms with Gasteiger partial charge in [0.25, 0.3) is 0 Å². The van der Waals surface area contributed by atoms with Crippen molar-refractivity contribution in [1.82, 2.24) is 0 Å². The van der Waals surface area contributed by atoms with E-state index in [1.54, 1.807) is 0 Å². The second-order valence-corrected chi connectivity index (χ2v) is 2.70. The van der Waals surface area contributed by atoms with Gasteiger partial charge in [-0.2, -0.15) is 0 Å². The first kappa shape index (κ1) is 9.59. The van der Waals surface area contributed by atoms with Crippen LogP contribution in [0.25, 0.3) is 0 Å². The lowest BCUT2D eigenvalue weighted by Crippen LogP contribution is -2.55. The van der Waals surface area contributed by atoms with E-state index in [2.05, 4.69) is 0 Å². The molecule has 4 N–H and O–H groups in total. The molecule has 0 unspecified atom stereocenters. The Kier molecular flexibility index (Phi) is 3.53. The summed E-state index contributed by atoms with van der Waals surface area (Å²) in [6.07, 6.45) is 2.51. The highest BCUT2D eigenvalue weighted by atomic mass is 16.1. The van der Waals surface area contributed by atoms with Crippen LogP contribution in [0.1, 0.15) is 33.1 Å². The van der Waals surface area contributed by atoms with E-state index in [-0.39, 0.29) is 5.78 Å². The second kappa shape index (κ2) is 3.68. The van der Waals surface area contributed by atoms with E-state index in [0.29, 0.717) is 6.42 Å². The van der Waals surface area contributed by atoms with Gasteiger partial charge in [-0.05, 0) is 13.3 Å². The highest BCUT2D eigenvalue weighted by Gasteiger charge is 2.23. The monoisotopic (exact) mass is 144 g/mol. The summed E-state index contributed by atoms with van der Waals surface area (Å²) in [5.74, 6) is -0.138. The van der Waals surface area contributed by atoms with E-state index in [1.807, 2.05) is 6.92 Å². The third kappa shape index (κ3) is 2.94. The van der Waals surface area contributed by atoms with Gasteiger partial charge in [-0.1, -0.05) is 19.8 Å². The van der Waals surface area contributed by atoms with Gasteiger partial charge in [-0.3, -0.25) is 4.79 Å². The van der Waals surface area contributed by atoms with Gasteiger partial charge < -0.3 is 11.5 Å². The first-order valence-electron chi connectivity index (χ1n) is 3.59. The Morgan fingerprint density at radius 1 is 1.50 bits per heavy atom. The summed E-state index contributed by atoms with van der Waals surface area (Å²) < 4.78 is 0. The van der Waals surface area contributed by atoms with Crippen molar-refractivity contribution in [2.45, 2.75) is 38.8 Å². The zero-order chi connectivity index (χ0) is 8.20. The third-order valence-corrected chi connectivity index (χ3v) is 1.60. The SMILES string of the molecule is CCCCC(N)(N)C(C)=O. The van der Waals surface area contributed by atoms with E-state index >= 15 is 0 Å². The molecule has 0 bridgehead atoms. The summed E-state index contributed by atoms with van der Waals surface area (Å²) in [6.45, 7) is 3.46. The molecule has 0 saturated heterocycles. The number of ketones is 1. The molecule has 0 aliphatic carbocycles. The molecule has 3 nitrogen and oxygen atoms in total. The smallest absolute Gasteiger partial charge is 0.163 e. The van der Waals surface area contributed by atoms with Crippen LogP contribution in [0.4, 0.5) is 0 Å². The van der Waals surface area contributed by atoms with Crippen LogP contribution in [0, 0.1) is 0 Å². The molecule has 0 atom stereocenters. The molecule has 0 fully saturated rings. The Hall–Kier alpha value is -0.410. The maximum Gasteiger partial charge on any atom is 0.163 e. The molecule has 0 aliphatic heterocycles. The fourth-order valence-corrected chi connectivity index (χ4v) is 0.645. The van der Waals surface area contributed by atoms with Crippen LogP contribution in [-0.4, -0.2) is 11.4 Å². The minimum Gasteiger partial charge on any atom is -0.307 e. The minimum atomic E-state index is -1.09. The average molecular weight is 144 g/mol. The lowest BCUT2D eigenvalue weighted by atomic mass is 10.0. The number of carbonyl (C=O) groups excluding carboxylic acids is 1. The van der Waals surface area contributed by atoms with Crippen LogP contribution in [-0.2, 0) is 4.79 Å². The Labute approximate surface area is 61.8 Å². The Bertz CT molecular complexity index is 121. The van der Waals surface area contributed by atoms with Crippen molar-refractivity contribution in [3.8, 4) is 0 Å². The normalized spacial score (nSPS) is 11.6. The quantitative estimate of drug-likeness (QED) is 0.560. The molecule has 3 heteroatoms. The Morgan fingerprint density at radius 2 is 2.00 bits per heavy atom. The van der Waals surface area contributed by atoms with Crippen molar-refractivity contribution in [2.75, 3.05) is 0 Å². The number of carbonyl (C=O) groups is 1. The molecular formula is C7H16N2O. The first-order valence-corrected chi connectivity index (χ1v) is 3.59. The number of hydrogen-bond donors (Lipinski definition) is 2. The van der Waals surface area contributed by atoms with E-state index in [9.17, 15) is 4.79 Å². The Balaban J connectivity index is 3.75. The molecule has 0 aromatic carbocycles. The van der Waals surface area contributed by atoms with Crippen LogP contribution in [0.15, 0.2) is 0 Å². The summed E-state index contributed by atoms with van der Waals surface area (Å²) in [4.78, 5) is 10.7. The van der Waals surface area contributed by atoms with Gasteiger partial charge in [0.2, 0.25) is 0 Å². The van der Waals surface area contributed by atoms with Gasteiger partial charge in [0.1, 0.15) is 5.66 Å². The molecule has 0 radical (unpaired) electrons. The molecule has 0 amide bonds. The van der Waals surface area contributed by atoms with E-state index < -0.39 is 5.66 Å². The van der Waals surface area contributed by atoms with Crippen LogP contribution >= 0.6 is 0 Å². The van der Waals surface area contributed by atoms with Crippen LogP contribution in [0.2, 0.25) is 0 Å². The van der Waals surface area contributed by atoms with E-state index in [0.717, 1.165) is 12.8 Å². The predicted octanol–water partition coefficient (Wildman–Crippen LogP) is 0.379. The zero-order valence-electron chi connectivity index (χ0n) is 6.68. The number of nitrogens with two attached hydrogens (primary N) is 2. The Morgan fingerprint density at radius 3 is 2.30 bits per heavy atom. The maximum atomic E-state index is 10.7. The number of Topliss-reactive ketones (excluding diaryl/α,β-unsaturated/α-hetero) is 1. The molecule has 0 aromatic rings. The van der Waals surface area contributed by atoms with Gasteiger partial charge in [-0.15, -0.1) is 0 Å². The summed E-state index contributed by atoms with van der Waals surface area (Å²) in [5, 5.41) is 0. The average Bonchev–Trinajstić information content (AvgIpc) is 1.84. The first-order chi connectivity index (χ1) is 4.50. The molecule has 0 spiro atoms. The van der Waals surface area contributed by atoms with Gasteiger partial charge in [0.15, 0.2) is 5.78 Å². The van der Waals surface area contributed by atoms with Gasteiger partial charge in [0, 0.05) is 0 Å². The van der Waals surface area contributed by atoms with Crippen molar-refractivity contribution < 1.29 is 4.79 Å². The van der Waals surface area contributed by atoms with Crippen LogP contribution < -0.4 is 11.5 Å². The molecule has 0 saturated carbocycles. The fraction of sp³-hybridized carbons (Fsp3) is 0.857. The van der Waals surface area contributed by atoms with Gasteiger partial charge in [-0.25, -0.2) is 0 Å². The lowest BCUT2D eigenvalue weighted by Gasteiger charge is -2.19. The van der Waals surface area contributed by atoms with E-state index in [4.69, 9.17) is 11.5 Å². The largest absolute Gasteiger partial charge is 0.307 e. The lowest BCUT2D eigenvalue weighted by molar-refractivity contribution is -0.122. The van der Waals surface area contributed by atoms with Crippen LogP contribution in [0.5, 0.6) is 0 Å². The maximum absolute atomic E-state index is 10.7. The molecule has 0 aliphatic rings. The summed E-state index contributed by atoms with van der Waals surface area (Å²) in [7, 11) is 0. The van der Waals surface area contributed by atoms with Crippen molar-refractivity contribution in [3.05, 3.63) is 0 Å². The molecule has 10 heavy (non-hydrogen) atoms. The minimum absolute atomic E-state index is 0.138. The topological polar surface area (TPSA) is 69.1 Å². The predicted molar refractivity (Wildman–Crippen MR) is 41.3 cm³/mol.